The van der Waals surface area contributed by atoms with Crippen LogP contribution in [0.25, 0.3) is 5.65 Å². The molecule has 2 aromatic carbocycles. The molecule has 0 unspecified atom stereocenters. The van der Waals surface area contributed by atoms with Crippen molar-refractivity contribution in [3.8, 4) is 0 Å². The highest BCUT2D eigenvalue weighted by atomic mass is 32.2. The summed E-state index contributed by atoms with van der Waals surface area (Å²) >= 11 is 0. The molecule has 0 amide bonds. The van der Waals surface area contributed by atoms with Crippen molar-refractivity contribution >= 4 is 21.4 Å². The number of fused-ring (bicyclic) bond motifs is 1. The molecule has 6 nitrogen and oxygen atoms in total. The van der Waals surface area contributed by atoms with E-state index in [4.69, 9.17) is 0 Å². The minimum Gasteiger partial charge on any atom is -0.286 e. The molecule has 0 fully saturated rings. The van der Waals surface area contributed by atoms with Crippen molar-refractivity contribution < 1.29 is 8.42 Å². The van der Waals surface area contributed by atoms with Gasteiger partial charge in [0.2, 0.25) is 0 Å². The van der Waals surface area contributed by atoms with Crippen LogP contribution in [0.4, 0.5) is 5.69 Å². The number of anilines is 1. The Kier molecular flexibility index (Phi) is 5.54. The Morgan fingerprint density at radius 3 is 2.32 bits per heavy atom. The van der Waals surface area contributed by atoms with E-state index in [0.29, 0.717) is 23.1 Å². The van der Waals surface area contributed by atoms with Crippen molar-refractivity contribution in [3.63, 3.8) is 0 Å². The molecule has 0 radical (unpaired) electrons. The first kappa shape index (κ1) is 21.1. The number of sulfonamides is 1. The Hall–Kier alpha value is -3.19. The van der Waals surface area contributed by atoms with E-state index in [1.165, 1.54) is 4.31 Å². The highest BCUT2D eigenvalue weighted by Crippen LogP contribution is 2.30. The van der Waals surface area contributed by atoms with Gasteiger partial charge in [0.15, 0.2) is 5.65 Å². The molecule has 7 heteroatoms. The molecule has 4 rings (SSSR count). The number of hydrogen-bond acceptors (Lipinski definition) is 4. The van der Waals surface area contributed by atoms with E-state index in [1.807, 2.05) is 55.5 Å². The van der Waals surface area contributed by atoms with Crippen molar-refractivity contribution in [3.05, 3.63) is 89.4 Å². The van der Waals surface area contributed by atoms with E-state index in [9.17, 15) is 8.42 Å². The Morgan fingerprint density at radius 1 is 0.935 bits per heavy atom. The smallest absolute Gasteiger partial charge is 0.268 e. The normalized spacial score (nSPS) is 11.9. The van der Waals surface area contributed by atoms with Crippen LogP contribution in [-0.4, -0.2) is 23.0 Å². The molecule has 0 spiro atoms. The second-order valence-corrected chi connectivity index (χ2v) is 9.83. The summed E-state index contributed by atoms with van der Waals surface area (Å²) in [5, 5.41) is 8.19. The van der Waals surface area contributed by atoms with Gasteiger partial charge < -0.3 is 0 Å². The van der Waals surface area contributed by atoms with Gasteiger partial charge in [0, 0.05) is 6.20 Å². The zero-order chi connectivity index (χ0) is 22.2. The lowest BCUT2D eigenvalue weighted by atomic mass is 10.0. The monoisotopic (exact) mass is 434 g/mol. The lowest BCUT2D eigenvalue weighted by Gasteiger charge is -2.26. The first-order chi connectivity index (χ1) is 14.8. The summed E-state index contributed by atoms with van der Waals surface area (Å²) in [5.41, 5.74) is 4.09. The Balaban J connectivity index is 1.87. The highest BCUT2D eigenvalue weighted by Gasteiger charge is 2.29. The average Bonchev–Trinajstić information content (AvgIpc) is 3.14. The molecule has 0 N–H and O–H groups in total. The number of rotatable bonds is 6. The second kappa shape index (κ2) is 8.15. The summed E-state index contributed by atoms with van der Waals surface area (Å²) in [4.78, 5) is 0.136. The average molecular weight is 435 g/mol. The standard InChI is InChI=1S/C24H26N4O2S/c1-17(2)20-11-13-22(14-12-20)28(16-21-9-6-5-8-18(21)3)31(29,30)23-10-7-15-27-19(4)25-26-24(23)27/h5-15,17H,16H2,1-4H3. The van der Waals surface area contributed by atoms with Crippen molar-refractivity contribution in [1.82, 2.24) is 14.6 Å². The van der Waals surface area contributed by atoms with Gasteiger partial charge in [-0.3, -0.25) is 8.71 Å². The van der Waals surface area contributed by atoms with Crippen LogP contribution < -0.4 is 4.31 Å². The van der Waals surface area contributed by atoms with Crippen molar-refractivity contribution in [2.75, 3.05) is 4.31 Å². The number of hydrogen-bond donors (Lipinski definition) is 0. The van der Waals surface area contributed by atoms with Gasteiger partial charge in [-0.2, -0.15) is 0 Å². The van der Waals surface area contributed by atoms with E-state index in [2.05, 4.69) is 24.0 Å². The van der Waals surface area contributed by atoms with Crippen LogP contribution in [0, 0.1) is 13.8 Å². The van der Waals surface area contributed by atoms with E-state index < -0.39 is 10.0 Å². The molecule has 0 saturated heterocycles. The fourth-order valence-electron chi connectivity index (χ4n) is 3.61. The first-order valence-electron chi connectivity index (χ1n) is 10.3. The lowest BCUT2D eigenvalue weighted by molar-refractivity contribution is 0.590. The van der Waals surface area contributed by atoms with E-state index in [1.54, 1.807) is 29.7 Å². The summed E-state index contributed by atoms with van der Waals surface area (Å²) in [6.07, 6.45) is 1.77. The number of aromatic nitrogens is 3. The third kappa shape index (κ3) is 3.93. The molecule has 0 aliphatic rings. The maximum Gasteiger partial charge on any atom is 0.268 e. The van der Waals surface area contributed by atoms with Crippen LogP contribution in [0.1, 0.15) is 42.3 Å². The summed E-state index contributed by atoms with van der Waals surface area (Å²) in [7, 11) is -3.91. The molecule has 4 aromatic rings. The fraction of sp³-hybridized carbons (Fsp3) is 0.250. The van der Waals surface area contributed by atoms with Gasteiger partial charge in [-0.25, -0.2) is 8.42 Å². The van der Waals surface area contributed by atoms with Gasteiger partial charge in [-0.15, -0.1) is 10.2 Å². The molecule has 2 aromatic heterocycles. The second-order valence-electron chi connectivity index (χ2n) is 8.00. The molecule has 0 aliphatic carbocycles. The van der Waals surface area contributed by atoms with Crippen molar-refractivity contribution in [2.45, 2.75) is 45.1 Å². The lowest BCUT2D eigenvalue weighted by Crippen LogP contribution is -2.31. The zero-order valence-corrected chi connectivity index (χ0v) is 19.0. The van der Waals surface area contributed by atoms with E-state index in [0.717, 1.165) is 16.7 Å². The number of nitrogens with zero attached hydrogens (tertiary/aromatic N) is 4. The molecule has 0 bridgehead atoms. The van der Waals surface area contributed by atoms with Gasteiger partial charge in [-0.05, 0) is 60.7 Å². The maximum absolute atomic E-state index is 13.9. The Bertz CT molecular complexity index is 1330. The minimum atomic E-state index is -3.91. The van der Waals surface area contributed by atoms with Gasteiger partial charge in [0.05, 0.1) is 12.2 Å². The molecule has 0 aliphatic heterocycles. The van der Waals surface area contributed by atoms with Crippen LogP contribution >= 0.6 is 0 Å². The third-order valence-electron chi connectivity index (χ3n) is 5.56. The third-order valence-corrected chi connectivity index (χ3v) is 7.36. The van der Waals surface area contributed by atoms with Crippen molar-refractivity contribution in [2.24, 2.45) is 0 Å². The molecular formula is C24H26N4O2S. The number of aryl methyl sites for hydroxylation is 2. The zero-order valence-electron chi connectivity index (χ0n) is 18.1. The van der Waals surface area contributed by atoms with Crippen LogP contribution in [0.5, 0.6) is 0 Å². The first-order valence-corrected chi connectivity index (χ1v) is 11.7. The summed E-state index contributed by atoms with van der Waals surface area (Å²) in [6.45, 7) is 8.25. The van der Waals surface area contributed by atoms with Crippen LogP contribution in [-0.2, 0) is 16.6 Å². The van der Waals surface area contributed by atoms with Gasteiger partial charge in [0.25, 0.3) is 10.0 Å². The minimum absolute atomic E-state index is 0.136. The molecule has 160 valence electrons. The largest absolute Gasteiger partial charge is 0.286 e. The van der Waals surface area contributed by atoms with Crippen LogP contribution in [0.3, 0.4) is 0 Å². The Morgan fingerprint density at radius 2 is 1.65 bits per heavy atom. The maximum atomic E-state index is 13.9. The highest BCUT2D eigenvalue weighted by molar-refractivity contribution is 7.93. The Labute approximate surface area is 183 Å². The van der Waals surface area contributed by atoms with E-state index in [-0.39, 0.29) is 11.4 Å². The SMILES string of the molecule is Cc1ccccc1CN(c1ccc(C(C)C)cc1)S(=O)(=O)c1cccn2c(C)nnc12. The van der Waals surface area contributed by atoms with Crippen molar-refractivity contribution in [1.29, 1.82) is 0 Å². The molecule has 31 heavy (non-hydrogen) atoms. The topological polar surface area (TPSA) is 67.6 Å². The number of pyridine rings is 1. The predicted molar refractivity (Wildman–Crippen MR) is 123 cm³/mol. The molecule has 0 saturated carbocycles. The summed E-state index contributed by atoms with van der Waals surface area (Å²) in [5.74, 6) is 1.00. The van der Waals surface area contributed by atoms with Gasteiger partial charge in [-0.1, -0.05) is 50.2 Å². The molecular weight excluding hydrogens is 408 g/mol. The predicted octanol–water partition coefficient (Wildman–Crippen LogP) is 4.87. The molecule has 0 atom stereocenters. The summed E-state index contributed by atoms with van der Waals surface area (Å²) in [6, 6.07) is 18.9. The van der Waals surface area contributed by atoms with Gasteiger partial charge >= 0.3 is 0 Å². The van der Waals surface area contributed by atoms with Crippen LogP contribution in [0.2, 0.25) is 0 Å². The fourth-order valence-corrected chi connectivity index (χ4v) is 5.18. The van der Waals surface area contributed by atoms with Gasteiger partial charge in [0.1, 0.15) is 10.7 Å². The number of benzene rings is 2. The quantitative estimate of drug-likeness (QED) is 0.434. The molecule has 2 heterocycles. The summed E-state index contributed by atoms with van der Waals surface area (Å²) < 4.78 is 31.0. The van der Waals surface area contributed by atoms with E-state index >= 15 is 0 Å². The van der Waals surface area contributed by atoms with Crippen LogP contribution in [0.15, 0.2) is 71.8 Å².